The second kappa shape index (κ2) is 6.69. The number of halogens is 1. The van der Waals surface area contributed by atoms with Crippen molar-refractivity contribution in [1.82, 2.24) is 9.97 Å². The molecule has 2 rings (SSSR count). The lowest BCUT2D eigenvalue weighted by Gasteiger charge is -2.20. The van der Waals surface area contributed by atoms with Gasteiger partial charge in [-0.2, -0.15) is 0 Å². The zero-order valence-corrected chi connectivity index (χ0v) is 11.1. The Morgan fingerprint density at radius 2 is 2.11 bits per heavy atom. The summed E-state index contributed by atoms with van der Waals surface area (Å²) >= 11 is 5.72. The van der Waals surface area contributed by atoms with Crippen LogP contribution in [0.3, 0.4) is 0 Å². The van der Waals surface area contributed by atoms with Crippen LogP contribution < -0.4 is 5.32 Å². The van der Waals surface area contributed by atoms with Gasteiger partial charge in [0, 0.05) is 12.5 Å². The molecule has 1 aromatic rings. The maximum Gasteiger partial charge on any atom is 0.225 e. The molecule has 1 saturated carbocycles. The quantitative estimate of drug-likeness (QED) is 0.851. The lowest BCUT2D eigenvalue weighted by Crippen LogP contribution is -2.15. The van der Waals surface area contributed by atoms with E-state index < -0.39 is 0 Å². The molecule has 1 heterocycles. The number of hydrogen-bond donors (Lipinski definition) is 1. The molecule has 18 heavy (non-hydrogen) atoms. The average molecular weight is 268 g/mol. The van der Waals surface area contributed by atoms with Gasteiger partial charge in [-0.15, -0.1) is 0 Å². The third-order valence-corrected chi connectivity index (χ3v) is 3.61. The van der Waals surface area contributed by atoms with E-state index >= 15 is 0 Å². The molecule has 0 atom stereocenters. The third-order valence-electron chi connectivity index (χ3n) is 3.41. The van der Waals surface area contributed by atoms with E-state index in [1.807, 2.05) is 0 Å². The number of nitrogens with one attached hydrogen (secondary N) is 1. The molecule has 1 N–H and O–H groups in total. The number of nitrogens with zero attached hydrogens (tertiary/aromatic N) is 2. The Kier molecular flexibility index (Phi) is 4.93. The van der Waals surface area contributed by atoms with Crippen LogP contribution in [-0.2, 0) is 4.79 Å². The van der Waals surface area contributed by atoms with Crippen molar-refractivity contribution in [2.24, 2.45) is 5.92 Å². The van der Waals surface area contributed by atoms with Crippen LogP contribution in [0.4, 0.5) is 5.82 Å². The van der Waals surface area contributed by atoms with Gasteiger partial charge in [-0.25, -0.2) is 9.97 Å². The first-order chi connectivity index (χ1) is 8.74. The molecule has 0 aromatic carbocycles. The highest BCUT2D eigenvalue weighted by Gasteiger charge is 2.15. The van der Waals surface area contributed by atoms with Crippen LogP contribution in [0.25, 0.3) is 0 Å². The lowest BCUT2D eigenvalue weighted by molar-refractivity contribution is -0.116. The fraction of sp³-hybridized carbons (Fsp3) is 0.615. The highest BCUT2D eigenvalue weighted by molar-refractivity contribution is 6.29. The molecule has 1 aliphatic carbocycles. The number of hydrogen-bond acceptors (Lipinski definition) is 3. The first-order valence-corrected chi connectivity index (χ1v) is 6.89. The molecule has 1 aliphatic rings. The number of carbonyl (C=O) groups excluding carboxylic acids is 1. The van der Waals surface area contributed by atoms with E-state index in [2.05, 4.69) is 15.3 Å². The predicted octanol–water partition coefficient (Wildman–Crippen LogP) is 3.43. The molecule has 0 aliphatic heterocycles. The van der Waals surface area contributed by atoms with Gasteiger partial charge in [0.25, 0.3) is 0 Å². The summed E-state index contributed by atoms with van der Waals surface area (Å²) in [5.41, 5.74) is 0. The maximum atomic E-state index is 11.8. The van der Waals surface area contributed by atoms with E-state index in [-0.39, 0.29) is 5.91 Å². The average Bonchev–Trinajstić information content (AvgIpc) is 2.38. The zero-order valence-electron chi connectivity index (χ0n) is 10.4. The summed E-state index contributed by atoms with van der Waals surface area (Å²) in [6.07, 6.45) is 9.40. The van der Waals surface area contributed by atoms with Crippen LogP contribution in [0.15, 0.2) is 12.4 Å². The largest absolute Gasteiger partial charge is 0.311 e. The monoisotopic (exact) mass is 267 g/mol. The first-order valence-electron chi connectivity index (χ1n) is 6.51. The fourth-order valence-corrected chi connectivity index (χ4v) is 2.57. The molecule has 98 valence electrons. The summed E-state index contributed by atoms with van der Waals surface area (Å²) in [7, 11) is 0. The highest BCUT2D eigenvalue weighted by Crippen LogP contribution is 2.27. The van der Waals surface area contributed by atoms with Crippen LogP contribution >= 0.6 is 11.6 Å². The Morgan fingerprint density at radius 1 is 1.33 bits per heavy atom. The van der Waals surface area contributed by atoms with E-state index in [0.29, 0.717) is 17.4 Å². The van der Waals surface area contributed by atoms with Crippen molar-refractivity contribution in [2.75, 3.05) is 5.32 Å². The molecule has 0 radical (unpaired) electrons. The van der Waals surface area contributed by atoms with Crippen molar-refractivity contribution in [3.8, 4) is 0 Å². The molecular weight excluding hydrogens is 250 g/mol. The van der Waals surface area contributed by atoms with Crippen LogP contribution in [0.2, 0.25) is 5.15 Å². The Labute approximate surface area is 112 Å². The van der Waals surface area contributed by atoms with Crippen LogP contribution in [-0.4, -0.2) is 15.9 Å². The molecule has 1 fully saturated rings. The molecule has 1 amide bonds. The normalized spacial score (nSPS) is 16.5. The summed E-state index contributed by atoms with van der Waals surface area (Å²) < 4.78 is 0. The molecule has 5 heteroatoms. The van der Waals surface area contributed by atoms with Crippen LogP contribution in [0.5, 0.6) is 0 Å². The smallest absolute Gasteiger partial charge is 0.225 e. The second-order valence-electron chi connectivity index (χ2n) is 4.82. The number of aromatic nitrogens is 2. The van der Waals surface area contributed by atoms with Gasteiger partial charge < -0.3 is 5.32 Å². The molecule has 0 saturated heterocycles. The predicted molar refractivity (Wildman–Crippen MR) is 71.5 cm³/mol. The SMILES string of the molecule is O=C(CCC1CCCCC1)Nc1cc(Cl)ncn1. The van der Waals surface area contributed by atoms with E-state index in [1.165, 1.54) is 38.4 Å². The topological polar surface area (TPSA) is 54.9 Å². The van der Waals surface area contributed by atoms with Gasteiger partial charge in [-0.05, 0) is 12.3 Å². The standard InChI is InChI=1S/C13H18ClN3O/c14-11-8-12(16-9-15-11)17-13(18)7-6-10-4-2-1-3-5-10/h8-10H,1-7H2,(H,15,16,17,18). The van der Waals surface area contributed by atoms with Crippen molar-refractivity contribution < 1.29 is 4.79 Å². The summed E-state index contributed by atoms with van der Waals surface area (Å²) in [5, 5.41) is 3.09. The van der Waals surface area contributed by atoms with E-state index in [0.717, 1.165) is 12.3 Å². The molecule has 0 unspecified atom stereocenters. The van der Waals surface area contributed by atoms with Gasteiger partial charge >= 0.3 is 0 Å². The van der Waals surface area contributed by atoms with Crippen LogP contribution in [0.1, 0.15) is 44.9 Å². The van der Waals surface area contributed by atoms with Crippen molar-refractivity contribution in [3.05, 3.63) is 17.5 Å². The fourth-order valence-electron chi connectivity index (χ4n) is 2.42. The zero-order chi connectivity index (χ0) is 12.8. The molecule has 4 nitrogen and oxygen atoms in total. The summed E-state index contributed by atoms with van der Waals surface area (Å²) in [6.45, 7) is 0. The van der Waals surface area contributed by atoms with Crippen molar-refractivity contribution in [3.63, 3.8) is 0 Å². The highest BCUT2D eigenvalue weighted by atomic mass is 35.5. The van der Waals surface area contributed by atoms with E-state index in [4.69, 9.17) is 11.6 Å². The van der Waals surface area contributed by atoms with E-state index in [1.54, 1.807) is 6.07 Å². The van der Waals surface area contributed by atoms with Gasteiger partial charge in [0.05, 0.1) is 0 Å². The maximum absolute atomic E-state index is 11.8. The molecule has 0 spiro atoms. The number of amides is 1. The molecule has 1 aromatic heterocycles. The van der Waals surface area contributed by atoms with Crippen LogP contribution in [0, 0.1) is 5.92 Å². The van der Waals surface area contributed by atoms with Crippen molar-refractivity contribution in [2.45, 2.75) is 44.9 Å². The number of carbonyl (C=O) groups is 1. The van der Waals surface area contributed by atoms with Gasteiger partial charge in [0.15, 0.2) is 0 Å². The first kappa shape index (κ1) is 13.3. The second-order valence-corrected chi connectivity index (χ2v) is 5.20. The van der Waals surface area contributed by atoms with Crippen molar-refractivity contribution >= 4 is 23.3 Å². The third kappa shape index (κ3) is 4.26. The molecular formula is C13H18ClN3O. The minimum Gasteiger partial charge on any atom is -0.311 e. The van der Waals surface area contributed by atoms with E-state index in [9.17, 15) is 4.79 Å². The number of rotatable bonds is 4. The Hall–Kier alpha value is -1.16. The van der Waals surface area contributed by atoms with Crippen molar-refractivity contribution in [1.29, 1.82) is 0 Å². The Bertz CT molecular complexity index is 405. The number of anilines is 1. The summed E-state index contributed by atoms with van der Waals surface area (Å²) in [5.74, 6) is 1.21. The summed E-state index contributed by atoms with van der Waals surface area (Å²) in [6, 6.07) is 1.56. The Morgan fingerprint density at radius 3 is 2.83 bits per heavy atom. The molecule has 0 bridgehead atoms. The summed E-state index contributed by atoms with van der Waals surface area (Å²) in [4.78, 5) is 19.5. The Balaban J connectivity index is 1.74. The van der Waals surface area contributed by atoms with Gasteiger partial charge in [-0.3, -0.25) is 4.79 Å². The van der Waals surface area contributed by atoms with Gasteiger partial charge in [-0.1, -0.05) is 43.7 Å². The van der Waals surface area contributed by atoms with Gasteiger partial charge in [0.1, 0.15) is 17.3 Å². The minimum absolute atomic E-state index is 0.00957. The lowest BCUT2D eigenvalue weighted by atomic mass is 9.86. The van der Waals surface area contributed by atoms with Gasteiger partial charge in [0.2, 0.25) is 5.91 Å². The minimum atomic E-state index is 0.00957.